The van der Waals surface area contributed by atoms with E-state index in [9.17, 15) is 10.1 Å². The van der Waals surface area contributed by atoms with E-state index >= 15 is 0 Å². The van der Waals surface area contributed by atoms with E-state index in [0.717, 1.165) is 16.7 Å². The third-order valence-electron chi connectivity index (χ3n) is 4.70. The smallest absolute Gasteiger partial charge is 0.315 e. The first-order chi connectivity index (χ1) is 12.4. The van der Waals surface area contributed by atoms with Crippen molar-refractivity contribution in [1.29, 1.82) is 0 Å². The minimum atomic E-state index is -1.19. The predicted octanol–water partition coefficient (Wildman–Crippen LogP) is 4.59. The summed E-state index contributed by atoms with van der Waals surface area (Å²) in [5, 5.41) is 11.6. The maximum atomic E-state index is 11.6. The number of nitro groups is 1. The fourth-order valence-corrected chi connectivity index (χ4v) is 3.38. The Morgan fingerprint density at radius 2 is 1.73 bits per heavy atom. The number of nitrogens with zero attached hydrogens (tertiary/aromatic N) is 1. The van der Waals surface area contributed by atoms with Gasteiger partial charge in [-0.1, -0.05) is 18.2 Å². The second-order valence-electron chi connectivity index (χ2n) is 6.34. The van der Waals surface area contributed by atoms with Gasteiger partial charge in [-0.25, -0.2) is 0 Å². The number of methoxy groups -OCH3 is 1. The van der Waals surface area contributed by atoms with Crippen molar-refractivity contribution in [2.45, 2.75) is 19.6 Å². The second kappa shape index (κ2) is 5.62. The summed E-state index contributed by atoms with van der Waals surface area (Å²) in [7, 11) is 1.47. The summed E-state index contributed by atoms with van der Waals surface area (Å²) < 4.78 is 17.6. The first-order valence-electron chi connectivity index (χ1n) is 8.15. The van der Waals surface area contributed by atoms with Gasteiger partial charge in [-0.15, -0.1) is 0 Å². The summed E-state index contributed by atoms with van der Waals surface area (Å²) in [6.07, 6.45) is 3.83. The number of rotatable bonds is 2. The average molecular weight is 351 g/mol. The highest BCUT2D eigenvalue weighted by Crippen LogP contribution is 2.48. The molecule has 0 radical (unpaired) electrons. The van der Waals surface area contributed by atoms with Crippen LogP contribution in [-0.4, -0.2) is 17.8 Å². The van der Waals surface area contributed by atoms with Gasteiger partial charge in [0, 0.05) is 22.3 Å². The van der Waals surface area contributed by atoms with Crippen molar-refractivity contribution in [2.75, 3.05) is 7.11 Å². The summed E-state index contributed by atoms with van der Waals surface area (Å²) in [5.41, 5.74) is 3.01. The van der Waals surface area contributed by atoms with Gasteiger partial charge in [0.1, 0.15) is 11.5 Å². The Balaban J connectivity index is 1.90. The van der Waals surface area contributed by atoms with Crippen LogP contribution in [0.25, 0.3) is 12.2 Å². The highest BCUT2D eigenvalue weighted by Gasteiger charge is 2.46. The largest absolute Gasteiger partial charge is 0.496 e. The molecule has 26 heavy (non-hydrogen) atoms. The molecular weight excluding hydrogens is 334 g/mol. The first kappa shape index (κ1) is 16.2. The lowest BCUT2D eigenvalue weighted by molar-refractivity contribution is -0.386. The summed E-state index contributed by atoms with van der Waals surface area (Å²) in [4.78, 5) is 11.1. The molecule has 0 amide bonds. The van der Waals surface area contributed by atoms with Crippen molar-refractivity contribution >= 4 is 17.8 Å². The molecule has 4 rings (SSSR count). The van der Waals surface area contributed by atoms with Crippen molar-refractivity contribution in [3.63, 3.8) is 0 Å². The molecule has 0 saturated carbocycles. The van der Waals surface area contributed by atoms with Crippen molar-refractivity contribution in [1.82, 2.24) is 0 Å². The molecule has 0 aliphatic carbocycles. The van der Waals surface area contributed by atoms with E-state index in [2.05, 4.69) is 0 Å². The zero-order valence-electron chi connectivity index (χ0n) is 14.6. The molecule has 0 N–H and O–H groups in total. The Kier molecular flexibility index (Phi) is 3.50. The van der Waals surface area contributed by atoms with Crippen LogP contribution in [-0.2, 0) is 0 Å². The first-order valence-corrected chi connectivity index (χ1v) is 8.15. The van der Waals surface area contributed by atoms with Gasteiger partial charge in [0.2, 0.25) is 5.75 Å². The van der Waals surface area contributed by atoms with Crippen molar-refractivity contribution < 1.29 is 19.1 Å². The lowest BCUT2D eigenvalue weighted by Crippen LogP contribution is -2.47. The molecule has 0 bridgehead atoms. The van der Waals surface area contributed by atoms with E-state index in [4.69, 9.17) is 14.2 Å². The fourth-order valence-electron chi connectivity index (χ4n) is 3.38. The van der Waals surface area contributed by atoms with E-state index in [1.54, 1.807) is 6.07 Å². The number of fused-ring (bicyclic) bond motifs is 2. The van der Waals surface area contributed by atoms with Gasteiger partial charge in [0.25, 0.3) is 5.79 Å². The Labute approximate surface area is 150 Å². The van der Waals surface area contributed by atoms with E-state index in [-0.39, 0.29) is 11.4 Å². The van der Waals surface area contributed by atoms with Crippen LogP contribution in [0.2, 0.25) is 0 Å². The van der Waals surface area contributed by atoms with Gasteiger partial charge in [-0.2, -0.15) is 0 Å². The third-order valence-corrected chi connectivity index (χ3v) is 4.70. The molecule has 0 aromatic heterocycles. The maximum absolute atomic E-state index is 11.6. The van der Waals surface area contributed by atoms with Crippen LogP contribution < -0.4 is 14.2 Å². The zero-order valence-corrected chi connectivity index (χ0v) is 14.6. The minimum Gasteiger partial charge on any atom is -0.496 e. The van der Waals surface area contributed by atoms with Gasteiger partial charge in [-0.05, 0) is 38.1 Å². The van der Waals surface area contributed by atoms with Crippen LogP contribution >= 0.6 is 0 Å². The molecular formula is C20H17NO5. The lowest BCUT2D eigenvalue weighted by Gasteiger charge is -2.41. The number of hydrogen-bond acceptors (Lipinski definition) is 5. The molecule has 1 spiro atoms. The number of ether oxygens (including phenoxy) is 3. The van der Waals surface area contributed by atoms with Gasteiger partial charge >= 0.3 is 5.69 Å². The molecule has 2 aliphatic heterocycles. The molecule has 2 aromatic rings. The van der Waals surface area contributed by atoms with Crippen LogP contribution in [0, 0.1) is 10.1 Å². The summed E-state index contributed by atoms with van der Waals surface area (Å²) in [5.74, 6) is 0.0565. The van der Waals surface area contributed by atoms with E-state index in [1.165, 1.54) is 13.2 Å². The van der Waals surface area contributed by atoms with Crippen LogP contribution in [0.4, 0.5) is 5.69 Å². The van der Waals surface area contributed by atoms with Crippen molar-refractivity contribution in [3.05, 3.63) is 68.8 Å². The normalized spacial score (nSPS) is 20.1. The van der Waals surface area contributed by atoms with Crippen molar-refractivity contribution in [2.24, 2.45) is 0 Å². The van der Waals surface area contributed by atoms with Crippen LogP contribution in [0.3, 0.4) is 0 Å². The Bertz CT molecular complexity index is 992. The number of nitro benzene ring substituents is 1. The average Bonchev–Trinajstić information content (AvgIpc) is 2.62. The highest BCUT2D eigenvalue weighted by atomic mass is 16.7. The molecule has 6 nitrogen and oxygen atoms in total. The molecule has 2 aromatic carbocycles. The third kappa shape index (κ3) is 2.26. The molecule has 132 valence electrons. The second-order valence-corrected chi connectivity index (χ2v) is 6.34. The zero-order chi connectivity index (χ0) is 18.5. The summed E-state index contributed by atoms with van der Waals surface area (Å²) in [6, 6.07) is 10.7. The SMILES string of the molecule is COc1cc2c(c([N+](=O)[O-])c1)OC1(Oc3ccccc3C=C1C)C(C)=C2. The Hall–Kier alpha value is -3.28. The van der Waals surface area contributed by atoms with Gasteiger partial charge in [0.05, 0.1) is 18.1 Å². The number of benzene rings is 2. The maximum Gasteiger partial charge on any atom is 0.315 e. The molecule has 1 unspecified atom stereocenters. The van der Waals surface area contributed by atoms with E-state index in [1.807, 2.05) is 50.3 Å². The molecule has 6 heteroatoms. The lowest BCUT2D eigenvalue weighted by atomic mass is 9.90. The molecule has 0 saturated heterocycles. The van der Waals surface area contributed by atoms with Gasteiger partial charge < -0.3 is 14.2 Å². The topological polar surface area (TPSA) is 70.8 Å². The highest BCUT2D eigenvalue weighted by molar-refractivity contribution is 5.75. The standard InChI is InChI=1S/C20H17NO5/c1-12-8-14-6-4-5-7-18(14)25-20(12)13(2)9-15-10-16(24-3)11-17(21(22)23)19(15)26-20/h4-11H,1-3H3. The summed E-state index contributed by atoms with van der Waals surface area (Å²) >= 11 is 0. The number of hydrogen-bond donors (Lipinski definition) is 0. The minimum absolute atomic E-state index is 0.155. The Morgan fingerprint density at radius 1 is 1.04 bits per heavy atom. The van der Waals surface area contributed by atoms with Gasteiger partial charge in [0.15, 0.2) is 0 Å². The van der Waals surface area contributed by atoms with E-state index in [0.29, 0.717) is 17.1 Å². The van der Waals surface area contributed by atoms with Crippen molar-refractivity contribution in [3.8, 4) is 17.2 Å². The van der Waals surface area contributed by atoms with E-state index < -0.39 is 10.7 Å². The van der Waals surface area contributed by atoms with Crippen LogP contribution in [0.1, 0.15) is 25.0 Å². The Morgan fingerprint density at radius 3 is 2.42 bits per heavy atom. The molecule has 1 atom stereocenters. The van der Waals surface area contributed by atoms with Gasteiger partial charge in [-0.3, -0.25) is 10.1 Å². The molecule has 2 aliphatic rings. The van der Waals surface area contributed by atoms with Crippen LogP contribution in [0.15, 0.2) is 47.5 Å². The monoisotopic (exact) mass is 351 g/mol. The quantitative estimate of drug-likeness (QED) is 0.584. The fraction of sp³-hybridized carbons (Fsp3) is 0.200. The summed E-state index contributed by atoms with van der Waals surface area (Å²) in [6.45, 7) is 3.78. The molecule has 0 fully saturated rings. The predicted molar refractivity (Wildman–Crippen MR) is 97.4 cm³/mol. The number of para-hydroxylation sites is 1. The molecule has 2 heterocycles. The van der Waals surface area contributed by atoms with Crippen LogP contribution in [0.5, 0.6) is 17.2 Å².